The van der Waals surface area contributed by atoms with Gasteiger partial charge in [-0.05, 0) is 32.6 Å². The standard InChI is InChI=1S/C13H20N2O2/c1-3-13(2)12(17)15(9-11(16)14-13)10-7-5-4-6-8-10/h4-5,10H,3,6-9H2,1-2H3,(H,14,16). The molecule has 1 fully saturated rings. The lowest BCUT2D eigenvalue weighted by Gasteiger charge is -2.43. The Labute approximate surface area is 102 Å². The molecule has 2 unspecified atom stereocenters. The molecule has 0 aromatic rings. The van der Waals surface area contributed by atoms with E-state index in [1.165, 1.54) is 0 Å². The highest BCUT2D eigenvalue weighted by Gasteiger charge is 2.43. The second kappa shape index (κ2) is 4.51. The van der Waals surface area contributed by atoms with Crippen LogP contribution in [0.3, 0.4) is 0 Å². The Morgan fingerprint density at radius 2 is 2.24 bits per heavy atom. The van der Waals surface area contributed by atoms with Crippen molar-refractivity contribution in [2.24, 2.45) is 0 Å². The molecule has 0 radical (unpaired) electrons. The van der Waals surface area contributed by atoms with Gasteiger partial charge in [-0.3, -0.25) is 9.59 Å². The molecule has 2 amide bonds. The van der Waals surface area contributed by atoms with Crippen LogP contribution >= 0.6 is 0 Å². The van der Waals surface area contributed by atoms with Crippen LogP contribution in [-0.4, -0.2) is 34.8 Å². The predicted octanol–water partition coefficient (Wildman–Crippen LogP) is 1.22. The van der Waals surface area contributed by atoms with Crippen LogP contribution in [0.25, 0.3) is 0 Å². The van der Waals surface area contributed by atoms with Gasteiger partial charge in [0.25, 0.3) is 0 Å². The van der Waals surface area contributed by atoms with Gasteiger partial charge >= 0.3 is 0 Å². The van der Waals surface area contributed by atoms with Crippen molar-refractivity contribution in [1.82, 2.24) is 10.2 Å². The van der Waals surface area contributed by atoms with E-state index < -0.39 is 5.54 Å². The number of hydrogen-bond acceptors (Lipinski definition) is 2. The Hall–Kier alpha value is -1.32. The number of piperazine rings is 1. The van der Waals surface area contributed by atoms with Crippen LogP contribution in [0, 0.1) is 0 Å². The van der Waals surface area contributed by atoms with E-state index in [4.69, 9.17) is 0 Å². The number of nitrogens with one attached hydrogen (secondary N) is 1. The fraction of sp³-hybridized carbons (Fsp3) is 0.692. The highest BCUT2D eigenvalue weighted by atomic mass is 16.2. The van der Waals surface area contributed by atoms with Crippen LogP contribution < -0.4 is 5.32 Å². The van der Waals surface area contributed by atoms with E-state index in [-0.39, 0.29) is 24.4 Å². The van der Waals surface area contributed by atoms with E-state index >= 15 is 0 Å². The number of carbonyl (C=O) groups is 2. The minimum Gasteiger partial charge on any atom is -0.340 e. The molecule has 4 heteroatoms. The molecule has 2 atom stereocenters. The van der Waals surface area contributed by atoms with Gasteiger partial charge < -0.3 is 10.2 Å². The third kappa shape index (κ3) is 2.21. The van der Waals surface area contributed by atoms with E-state index in [9.17, 15) is 9.59 Å². The quantitative estimate of drug-likeness (QED) is 0.733. The second-order valence-corrected chi connectivity index (χ2v) is 5.11. The summed E-state index contributed by atoms with van der Waals surface area (Å²) >= 11 is 0. The van der Waals surface area contributed by atoms with E-state index in [0.717, 1.165) is 19.3 Å². The first-order chi connectivity index (χ1) is 8.07. The summed E-state index contributed by atoms with van der Waals surface area (Å²) in [7, 11) is 0. The van der Waals surface area contributed by atoms with Crippen molar-refractivity contribution in [2.45, 2.75) is 51.1 Å². The monoisotopic (exact) mass is 236 g/mol. The Morgan fingerprint density at radius 1 is 1.47 bits per heavy atom. The van der Waals surface area contributed by atoms with Gasteiger partial charge in [-0.15, -0.1) is 0 Å². The number of carbonyl (C=O) groups excluding carboxylic acids is 2. The number of hydrogen-bond donors (Lipinski definition) is 1. The van der Waals surface area contributed by atoms with E-state index in [1.54, 1.807) is 4.90 Å². The molecule has 4 nitrogen and oxygen atoms in total. The summed E-state index contributed by atoms with van der Waals surface area (Å²) in [5.74, 6) is 0.0309. The average molecular weight is 236 g/mol. The van der Waals surface area contributed by atoms with Crippen LogP contribution in [-0.2, 0) is 9.59 Å². The maximum atomic E-state index is 12.4. The van der Waals surface area contributed by atoms with Crippen molar-refractivity contribution in [2.75, 3.05) is 6.54 Å². The summed E-state index contributed by atoms with van der Waals surface area (Å²) < 4.78 is 0. The van der Waals surface area contributed by atoms with Gasteiger partial charge in [0.2, 0.25) is 11.8 Å². The van der Waals surface area contributed by atoms with Gasteiger partial charge in [-0.25, -0.2) is 0 Å². The first kappa shape index (κ1) is 12.1. The molecule has 0 aromatic carbocycles. The van der Waals surface area contributed by atoms with Crippen LogP contribution in [0.15, 0.2) is 12.2 Å². The zero-order valence-electron chi connectivity index (χ0n) is 10.5. The summed E-state index contributed by atoms with van der Waals surface area (Å²) in [5, 5.41) is 2.81. The molecule has 1 N–H and O–H groups in total. The molecule has 2 aliphatic rings. The molecule has 1 heterocycles. The number of amides is 2. The van der Waals surface area contributed by atoms with E-state index in [0.29, 0.717) is 6.42 Å². The molecular formula is C13H20N2O2. The van der Waals surface area contributed by atoms with Crippen molar-refractivity contribution in [3.63, 3.8) is 0 Å². The lowest BCUT2D eigenvalue weighted by atomic mass is 9.91. The fourth-order valence-electron chi connectivity index (χ4n) is 2.54. The lowest BCUT2D eigenvalue weighted by Crippen LogP contribution is -2.66. The number of rotatable bonds is 2. The summed E-state index contributed by atoms with van der Waals surface area (Å²) in [6.07, 6.45) is 7.73. The highest BCUT2D eigenvalue weighted by molar-refractivity contribution is 5.97. The topological polar surface area (TPSA) is 49.4 Å². The Bertz CT molecular complexity index is 364. The average Bonchev–Trinajstić information content (AvgIpc) is 2.35. The first-order valence-electron chi connectivity index (χ1n) is 6.34. The first-order valence-corrected chi connectivity index (χ1v) is 6.34. The van der Waals surface area contributed by atoms with Gasteiger partial charge in [0.1, 0.15) is 5.54 Å². The Kier molecular flexibility index (Phi) is 3.22. The second-order valence-electron chi connectivity index (χ2n) is 5.11. The van der Waals surface area contributed by atoms with Crippen molar-refractivity contribution in [1.29, 1.82) is 0 Å². The molecular weight excluding hydrogens is 216 g/mol. The highest BCUT2D eigenvalue weighted by Crippen LogP contribution is 2.24. The van der Waals surface area contributed by atoms with Crippen molar-refractivity contribution < 1.29 is 9.59 Å². The summed E-state index contributed by atoms with van der Waals surface area (Å²) in [4.78, 5) is 25.9. The maximum Gasteiger partial charge on any atom is 0.248 e. The third-order valence-electron chi connectivity index (χ3n) is 3.85. The van der Waals surface area contributed by atoms with Gasteiger partial charge in [-0.1, -0.05) is 19.1 Å². The lowest BCUT2D eigenvalue weighted by molar-refractivity contribution is -0.152. The predicted molar refractivity (Wildman–Crippen MR) is 65.3 cm³/mol. The molecule has 1 saturated heterocycles. The van der Waals surface area contributed by atoms with Crippen molar-refractivity contribution in [3.8, 4) is 0 Å². The van der Waals surface area contributed by atoms with Gasteiger partial charge in [-0.2, -0.15) is 0 Å². The van der Waals surface area contributed by atoms with Crippen molar-refractivity contribution >= 4 is 11.8 Å². The smallest absolute Gasteiger partial charge is 0.248 e. The molecule has 1 aliphatic heterocycles. The van der Waals surface area contributed by atoms with Crippen LogP contribution in [0.5, 0.6) is 0 Å². The van der Waals surface area contributed by atoms with Gasteiger partial charge in [0, 0.05) is 6.04 Å². The summed E-state index contributed by atoms with van der Waals surface area (Å²) in [6, 6.07) is 0.199. The van der Waals surface area contributed by atoms with Crippen LogP contribution in [0.2, 0.25) is 0 Å². The maximum absolute atomic E-state index is 12.4. The SMILES string of the molecule is CCC1(C)NC(=O)CN(C2CC=CCC2)C1=O. The third-order valence-corrected chi connectivity index (χ3v) is 3.85. The molecule has 0 spiro atoms. The van der Waals surface area contributed by atoms with Crippen LogP contribution in [0.4, 0.5) is 0 Å². The molecule has 1 aliphatic carbocycles. The Morgan fingerprint density at radius 3 is 2.82 bits per heavy atom. The van der Waals surface area contributed by atoms with Gasteiger partial charge in [0.05, 0.1) is 6.54 Å². The van der Waals surface area contributed by atoms with Crippen molar-refractivity contribution in [3.05, 3.63) is 12.2 Å². The molecule has 0 saturated carbocycles. The minimum absolute atomic E-state index is 0.0384. The minimum atomic E-state index is -0.712. The fourth-order valence-corrected chi connectivity index (χ4v) is 2.54. The van der Waals surface area contributed by atoms with E-state index in [2.05, 4.69) is 17.5 Å². The number of allylic oxidation sites excluding steroid dienone is 1. The van der Waals surface area contributed by atoms with Crippen LogP contribution in [0.1, 0.15) is 39.5 Å². The Balaban J connectivity index is 2.18. The zero-order chi connectivity index (χ0) is 12.5. The summed E-state index contributed by atoms with van der Waals surface area (Å²) in [5.41, 5.74) is -0.712. The molecule has 17 heavy (non-hydrogen) atoms. The zero-order valence-corrected chi connectivity index (χ0v) is 10.5. The molecule has 2 rings (SSSR count). The van der Waals surface area contributed by atoms with E-state index in [1.807, 2.05) is 13.8 Å². The summed E-state index contributed by atoms with van der Waals surface area (Å²) in [6.45, 7) is 3.97. The largest absolute Gasteiger partial charge is 0.340 e. The molecule has 0 aromatic heterocycles. The van der Waals surface area contributed by atoms with Gasteiger partial charge in [0.15, 0.2) is 0 Å². The number of nitrogens with zero attached hydrogens (tertiary/aromatic N) is 1. The molecule has 0 bridgehead atoms. The molecule has 94 valence electrons. The normalized spacial score (nSPS) is 33.8.